The number of nitrogens with one attached hydrogen (secondary N) is 3. The predicted octanol–water partition coefficient (Wildman–Crippen LogP) is 4.47. The summed E-state index contributed by atoms with van der Waals surface area (Å²) in [5, 5.41) is 9.46. The molecule has 39 heavy (non-hydrogen) atoms. The lowest BCUT2D eigenvalue weighted by atomic mass is 9.97. The molecule has 0 saturated heterocycles. The summed E-state index contributed by atoms with van der Waals surface area (Å²) < 4.78 is 25.4. The molecule has 0 bridgehead atoms. The van der Waals surface area contributed by atoms with E-state index in [2.05, 4.69) is 26.9 Å². The van der Waals surface area contributed by atoms with Gasteiger partial charge in [0.25, 0.3) is 0 Å². The molecule has 208 valence electrons. The van der Waals surface area contributed by atoms with Crippen LogP contribution in [-0.4, -0.2) is 60.5 Å². The first-order valence-electron chi connectivity index (χ1n) is 13.0. The van der Waals surface area contributed by atoms with Crippen LogP contribution in [0.1, 0.15) is 44.3 Å². The number of carbonyl (C=O) groups is 1. The summed E-state index contributed by atoms with van der Waals surface area (Å²) in [6.45, 7) is 12.5. The van der Waals surface area contributed by atoms with Crippen molar-refractivity contribution in [2.75, 3.05) is 44.8 Å². The number of rotatable bonds is 13. The molecule has 3 N–H and O–H groups in total. The zero-order valence-electron chi connectivity index (χ0n) is 23.3. The van der Waals surface area contributed by atoms with Crippen molar-refractivity contribution >= 4 is 22.8 Å². The topological polar surface area (TPSA) is 110 Å². The van der Waals surface area contributed by atoms with E-state index >= 15 is 0 Å². The predicted molar refractivity (Wildman–Crippen MR) is 151 cm³/mol. The Hall–Kier alpha value is -3.65. The number of amides is 2. The third-order valence-corrected chi connectivity index (χ3v) is 6.08. The third-order valence-electron chi connectivity index (χ3n) is 6.08. The number of hydrogen-bond donors (Lipinski definition) is 3. The fourth-order valence-corrected chi connectivity index (χ4v) is 3.96. The highest BCUT2D eigenvalue weighted by molar-refractivity contribution is 5.91. The maximum Gasteiger partial charge on any atom is 0.319 e. The standard InChI is InChI=1S/C29H37FN6O3/c1-7-9-31-28(37)35-25-17-22(19(3)15-24(25)30)23-16-21-18-32-27(36-26(21)34-20(23)4)29(5,6)33-10-12-39-14-13-38-11-8-2/h2,15-18,33H,7,9-14H2,1,3-6H3,(H2,31,35,37). The average molecular weight is 537 g/mol. The van der Waals surface area contributed by atoms with Crippen LogP contribution in [-0.2, 0) is 15.0 Å². The van der Waals surface area contributed by atoms with Crippen LogP contribution < -0.4 is 16.0 Å². The summed E-state index contributed by atoms with van der Waals surface area (Å²) in [7, 11) is 0. The molecule has 0 unspecified atom stereocenters. The van der Waals surface area contributed by atoms with Crippen LogP contribution in [0.15, 0.2) is 24.4 Å². The molecule has 0 fully saturated rings. The van der Waals surface area contributed by atoms with E-state index in [0.29, 0.717) is 44.4 Å². The Labute approximate surface area is 229 Å². The highest BCUT2D eigenvalue weighted by Gasteiger charge is 2.24. The zero-order valence-corrected chi connectivity index (χ0v) is 23.3. The van der Waals surface area contributed by atoms with Gasteiger partial charge in [-0.25, -0.2) is 24.1 Å². The Balaban J connectivity index is 1.76. The van der Waals surface area contributed by atoms with Crippen molar-refractivity contribution in [1.29, 1.82) is 0 Å². The second-order valence-corrected chi connectivity index (χ2v) is 9.68. The highest BCUT2D eigenvalue weighted by atomic mass is 19.1. The second-order valence-electron chi connectivity index (χ2n) is 9.68. The van der Waals surface area contributed by atoms with Crippen LogP contribution in [0, 0.1) is 32.0 Å². The molecular formula is C29H37FN6O3. The van der Waals surface area contributed by atoms with E-state index in [4.69, 9.17) is 25.9 Å². The van der Waals surface area contributed by atoms with Gasteiger partial charge in [0.05, 0.1) is 31.0 Å². The summed E-state index contributed by atoms with van der Waals surface area (Å²) in [4.78, 5) is 26.2. The number of hydrogen-bond acceptors (Lipinski definition) is 7. The molecule has 0 aliphatic heterocycles. The number of pyridine rings is 1. The first kappa shape index (κ1) is 29.9. The van der Waals surface area contributed by atoms with Crippen molar-refractivity contribution in [2.24, 2.45) is 0 Å². The van der Waals surface area contributed by atoms with E-state index in [0.717, 1.165) is 34.2 Å². The number of halogens is 1. The Morgan fingerprint density at radius 3 is 2.59 bits per heavy atom. The lowest BCUT2D eigenvalue weighted by Gasteiger charge is -2.25. The minimum Gasteiger partial charge on any atom is -0.378 e. The van der Waals surface area contributed by atoms with E-state index in [1.165, 1.54) is 6.07 Å². The first-order valence-corrected chi connectivity index (χ1v) is 13.0. The van der Waals surface area contributed by atoms with Crippen LogP contribution in [0.25, 0.3) is 22.2 Å². The normalized spacial score (nSPS) is 11.4. The Morgan fingerprint density at radius 1 is 1.08 bits per heavy atom. The third kappa shape index (κ3) is 8.17. The molecule has 0 aliphatic rings. The molecule has 0 aliphatic carbocycles. The largest absolute Gasteiger partial charge is 0.378 e. The van der Waals surface area contributed by atoms with Crippen LogP contribution in [0.4, 0.5) is 14.9 Å². The fraction of sp³-hybridized carbons (Fsp3) is 0.448. The summed E-state index contributed by atoms with van der Waals surface area (Å²) in [5.74, 6) is 2.52. The lowest BCUT2D eigenvalue weighted by molar-refractivity contribution is 0.0591. The Morgan fingerprint density at radius 2 is 1.85 bits per heavy atom. The van der Waals surface area contributed by atoms with Gasteiger partial charge in [-0.15, -0.1) is 6.42 Å². The Bertz CT molecular complexity index is 1340. The van der Waals surface area contributed by atoms with Gasteiger partial charge in [0.1, 0.15) is 18.2 Å². The summed E-state index contributed by atoms with van der Waals surface area (Å²) in [6.07, 6.45) is 7.67. The van der Waals surface area contributed by atoms with Crippen LogP contribution >= 0.6 is 0 Å². The van der Waals surface area contributed by atoms with Crippen molar-refractivity contribution in [1.82, 2.24) is 25.6 Å². The molecule has 3 aromatic rings. The van der Waals surface area contributed by atoms with E-state index in [9.17, 15) is 9.18 Å². The Kier molecular flexibility index (Phi) is 10.7. The van der Waals surface area contributed by atoms with Gasteiger partial charge >= 0.3 is 6.03 Å². The number of nitrogens with zero attached hydrogens (tertiary/aromatic N) is 3. The summed E-state index contributed by atoms with van der Waals surface area (Å²) >= 11 is 0. The van der Waals surface area contributed by atoms with Gasteiger partial charge in [0.15, 0.2) is 5.65 Å². The number of fused-ring (bicyclic) bond motifs is 1. The number of aromatic nitrogens is 3. The van der Waals surface area contributed by atoms with Crippen molar-refractivity contribution in [2.45, 2.75) is 46.6 Å². The zero-order chi connectivity index (χ0) is 28.4. The monoisotopic (exact) mass is 536 g/mol. The minimum atomic E-state index is -0.516. The maximum atomic E-state index is 14.6. The molecule has 2 amide bonds. The SMILES string of the molecule is C#CCOCCOCCNC(C)(C)c1ncc2cc(-c3cc(NC(=O)NCCC)c(F)cc3C)c(C)nc2n1. The molecule has 0 radical (unpaired) electrons. The fourth-order valence-electron chi connectivity index (χ4n) is 3.96. The number of urea groups is 1. The first-order chi connectivity index (χ1) is 18.7. The van der Waals surface area contributed by atoms with E-state index in [1.807, 2.05) is 40.7 Å². The molecule has 0 atom stereocenters. The highest BCUT2D eigenvalue weighted by Crippen LogP contribution is 2.32. The van der Waals surface area contributed by atoms with Gasteiger partial charge in [-0.1, -0.05) is 12.8 Å². The van der Waals surface area contributed by atoms with Gasteiger partial charge < -0.3 is 25.4 Å². The number of ether oxygens (including phenoxy) is 2. The summed E-state index contributed by atoms with van der Waals surface area (Å²) in [5.41, 5.74) is 3.19. The van der Waals surface area contributed by atoms with Gasteiger partial charge in [-0.05, 0) is 63.4 Å². The van der Waals surface area contributed by atoms with Crippen molar-refractivity contribution in [3.8, 4) is 23.5 Å². The van der Waals surface area contributed by atoms with Crippen LogP contribution in [0.2, 0.25) is 0 Å². The number of aryl methyl sites for hydroxylation is 2. The number of benzene rings is 1. The maximum absolute atomic E-state index is 14.6. The quantitative estimate of drug-likeness (QED) is 0.218. The van der Waals surface area contributed by atoms with Gasteiger partial charge in [-0.3, -0.25) is 0 Å². The van der Waals surface area contributed by atoms with Crippen molar-refractivity contribution in [3.63, 3.8) is 0 Å². The van der Waals surface area contributed by atoms with E-state index in [1.54, 1.807) is 12.3 Å². The lowest BCUT2D eigenvalue weighted by Crippen LogP contribution is -2.40. The van der Waals surface area contributed by atoms with Crippen molar-refractivity contribution in [3.05, 3.63) is 47.3 Å². The number of anilines is 1. The van der Waals surface area contributed by atoms with E-state index in [-0.39, 0.29) is 12.3 Å². The van der Waals surface area contributed by atoms with Gasteiger partial charge in [-0.2, -0.15) is 0 Å². The molecule has 0 saturated carbocycles. The molecule has 1 aromatic carbocycles. The number of terminal acetylenes is 1. The van der Waals surface area contributed by atoms with E-state index < -0.39 is 17.4 Å². The average Bonchev–Trinajstić information content (AvgIpc) is 2.90. The molecule has 2 aromatic heterocycles. The molecule has 10 heteroatoms. The summed E-state index contributed by atoms with van der Waals surface area (Å²) in [6, 6.07) is 4.55. The van der Waals surface area contributed by atoms with Gasteiger partial charge in [0, 0.05) is 35.9 Å². The number of carbonyl (C=O) groups excluding carboxylic acids is 1. The molecule has 9 nitrogen and oxygen atoms in total. The second kappa shape index (κ2) is 13.9. The molecule has 3 rings (SSSR count). The van der Waals surface area contributed by atoms with Crippen LogP contribution in [0.5, 0.6) is 0 Å². The minimum absolute atomic E-state index is 0.104. The van der Waals surface area contributed by atoms with Crippen molar-refractivity contribution < 1.29 is 18.7 Å². The van der Waals surface area contributed by atoms with Gasteiger partial charge in [0.2, 0.25) is 0 Å². The molecule has 0 spiro atoms. The molecular weight excluding hydrogens is 499 g/mol. The molecule has 2 heterocycles. The van der Waals surface area contributed by atoms with Crippen LogP contribution in [0.3, 0.4) is 0 Å². The smallest absolute Gasteiger partial charge is 0.319 e.